The molecule has 0 aromatic carbocycles. The normalized spacial score (nSPS) is 40.5. The molecule has 2 fully saturated rings. The van der Waals surface area contributed by atoms with Crippen molar-refractivity contribution in [3.63, 3.8) is 0 Å². The first-order chi connectivity index (χ1) is 15.3. The third-order valence-electron chi connectivity index (χ3n) is 5.99. The molecule has 2 rings (SSSR count). The molecular weight excluding hydrogens is 491 g/mol. The zero-order chi connectivity index (χ0) is 23.7. The van der Waals surface area contributed by atoms with Crippen LogP contribution in [0.3, 0.4) is 0 Å². The monoisotopic (exact) mass is 532 g/mol. The summed E-state index contributed by atoms with van der Waals surface area (Å²) in [5.41, 5.74) is 0. The molecule has 0 bridgehead atoms. The molecule has 0 aromatic rings. The molecule has 7 N–H and O–H groups in total. The summed E-state index contributed by atoms with van der Waals surface area (Å²) in [6.07, 6.45) is -4.07. The van der Waals surface area contributed by atoms with Gasteiger partial charge in [-0.1, -0.05) is 0 Å². The van der Waals surface area contributed by atoms with Crippen molar-refractivity contribution in [3.05, 3.63) is 0 Å². The summed E-state index contributed by atoms with van der Waals surface area (Å²) in [5.74, 6) is 0. The van der Waals surface area contributed by atoms with Crippen LogP contribution in [0.2, 0.25) is 5.32 Å². The fraction of sp³-hybridized carbons (Fsp3) is 1.00. The minimum absolute atomic E-state index is 0.106. The Balaban J connectivity index is 1.86. The molecule has 10 nitrogen and oxygen atoms in total. The fourth-order valence-corrected chi connectivity index (χ4v) is 6.43. The molecule has 32 heavy (non-hydrogen) atoms. The van der Waals surface area contributed by atoms with Gasteiger partial charge in [-0.25, -0.2) is 0 Å². The third kappa shape index (κ3) is 7.56. The van der Waals surface area contributed by atoms with E-state index in [-0.39, 0.29) is 15.0 Å². The van der Waals surface area contributed by atoms with E-state index in [1.807, 2.05) is 0 Å². The number of rotatable bonds is 13. The maximum atomic E-state index is 10.6. The topological polar surface area (TPSA) is 169 Å². The second-order valence-corrected chi connectivity index (χ2v) is 11.0. The van der Waals surface area contributed by atoms with Gasteiger partial charge in [0.25, 0.3) is 0 Å². The van der Waals surface area contributed by atoms with Crippen LogP contribution in [0.15, 0.2) is 0 Å². The first kappa shape index (κ1) is 28.4. The van der Waals surface area contributed by atoms with Gasteiger partial charge >= 0.3 is 195 Å². The number of aliphatic hydroxyl groups excluding tert-OH is 7. The number of ether oxygens (including phenoxy) is 3. The van der Waals surface area contributed by atoms with Crippen LogP contribution >= 0.6 is 0 Å². The van der Waals surface area contributed by atoms with Crippen LogP contribution in [0.4, 0.5) is 0 Å². The standard InChI is InChI=1S/C21H40O10Se/c1-2-3-4-5-6-7-8-9-32-21-18(28)16(26)19(13(11-23)30-21)31-20-17(27)15(25)14(24)12(10-22)29-20/h12-28H,2-11H2,1H3/t12-,13-,14-,15+,16-,17-,18-,19-,20-,21+/m1/s1. The molecule has 2 heterocycles. The molecule has 0 aromatic heterocycles. The predicted octanol–water partition coefficient (Wildman–Crippen LogP) is -1.52. The van der Waals surface area contributed by atoms with Crippen LogP contribution in [0, 0.1) is 0 Å². The summed E-state index contributed by atoms with van der Waals surface area (Å²) in [7, 11) is 0. The molecule has 0 spiro atoms. The van der Waals surface area contributed by atoms with E-state index in [4.69, 9.17) is 14.2 Å². The van der Waals surface area contributed by atoms with Gasteiger partial charge < -0.3 is 0 Å². The van der Waals surface area contributed by atoms with Gasteiger partial charge in [0.2, 0.25) is 0 Å². The van der Waals surface area contributed by atoms with Crippen LogP contribution in [0.25, 0.3) is 0 Å². The average Bonchev–Trinajstić information content (AvgIpc) is 2.79. The third-order valence-corrected chi connectivity index (χ3v) is 8.60. The van der Waals surface area contributed by atoms with Crippen molar-refractivity contribution < 1.29 is 50.0 Å². The zero-order valence-electron chi connectivity index (χ0n) is 18.6. The van der Waals surface area contributed by atoms with E-state index in [1.165, 1.54) is 32.1 Å². The van der Waals surface area contributed by atoms with Crippen molar-refractivity contribution in [1.82, 2.24) is 0 Å². The van der Waals surface area contributed by atoms with E-state index in [2.05, 4.69) is 6.92 Å². The Hall–Kier alpha value is 0.119. The van der Waals surface area contributed by atoms with Crippen molar-refractivity contribution in [3.8, 4) is 0 Å². The van der Waals surface area contributed by atoms with E-state index < -0.39 is 73.3 Å². The van der Waals surface area contributed by atoms with Crippen LogP contribution in [-0.4, -0.2) is 124 Å². The molecule has 0 aliphatic carbocycles. The van der Waals surface area contributed by atoms with Crippen molar-refractivity contribution in [2.24, 2.45) is 0 Å². The second kappa shape index (κ2) is 14.5. The van der Waals surface area contributed by atoms with Gasteiger partial charge in [0.1, 0.15) is 0 Å². The molecular formula is C21H40O10Se. The van der Waals surface area contributed by atoms with Gasteiger partial charge in [0.05, 0.1) is 0 Å². The molecule has 11 heteroatoms. The Labute approximate surface area is 195 Å². The van der Waals surface area contributed by atoms with E-state index in [0.29, 0.717) is 0 Å². The van der Waals surface area contributed by atoms with Gasteiger partial charge in [0, 0.05) is 0 Å². The SMILES string of the molecule is CCCCCCCCC[Se][C@@H]1O[C@H](CO)[C@@H](O[C@H]2O[C@H](CO)[C@@H](O)[C@H](O)[C@H]2O)[C@H](O)[C@H]1O. The Kier molecular flexibility index (Phi) is 12.9. The molecule has 2 saturated heterocycles. The predicted molar refractivity (Wildman–Crippen MR) is 115 cm³/mol. The maximum absolute atomic E-state index is 10.6. The van der Waals surface area contributed by atoms with Gasteiger partial charge in [0.15, 0.2) is 0 Å². The Morgan fingerprint density at radius 1 is 0.688 bits per heavy atom. The quantitative estimate of drug-likeness (QED) is 0.110. The summed E-state index contributed by atoms with van der Waals surface area (Å²) >= 11 is -0.106. The Morgan fingerprint density at radius 3 is 1.94 bits per heavy atom. The average molecular weight is 532 g/mol. The van der Waals surface area contributed by atoms with Crippen LogP contribution in [0.1, 0.15) is 51.9 Å². The molecule has 0 unspecified atom stereocenters. The number of hydrogen-bond acceptors (Lipinski definition) is 10. The summed E-state index contributed by atoms with van der Waals surface area (Å²) in [6.45, 7) is 1.07. The van der Waals surface area contributed by atoms with Gasteiger partial charge in [-0.3, -0.25) is 0 Å². The van der Waals surface area contributed by atoms with Crippen molar-refractivity contribution in [2.45, 2.75) is 117 Å². The summed E-state index contributed by atoms with van der Waals surface area (Å²) in [4.78, 5) is 0. The first-order valence-electron chi connectivity index (χ1n) is 11.6. The van der Waals surface area contributed by atoms with Crippen molar-refractivity contribution in [1.29, 1.82) is 0 Å². The molecule has 2 aliphatic heterocycles. The van der Waals surface area contributed by atoms with Crippen molar-refractivity contribution >= 4 is 15.0 Å². The Bertz CT molecular complexity index is 511. The van der Waals surface area contributed by atoms with Crippen LogP contribution in [-0.2, 0) is 14.2 Å². The first-order valence-corrected chi connectivity index (χ1v) is 13.8. The van der Waals surface area contributed by atoms with Crippen LogP contribution < -0.4 is 0 Å². The molecule has 190 valence electrons. The number of aliphatic hydroxyl groups is 7. The molecule has 0 amide bonds. The zero-order valence-corrected chi connectivity index (χ0v) is 20.3. The molecule has 0 saturated carbocycles. The van der Waals surface area contributed by atoms with E-state index >= 15 is 0 Å². The van der Waals surface area contributed by atoms with Gasteiger partial charge in [-0.2, -0.15) is 0 Å². The van der Waals surface area contributed by atoms with Gasteiger partial charge in [-0.05, 0) is 0 Å². The Morgan fingerprint density at radius 2 is 1.31 bits per heavy atom. The van der Waals surface area contributed by atoms with E-state index in [1.54, 1.807) is 0 Å². The van der Waals surface area contributed by atoms with E-state index in [0.717, 1.165) is 18.2 Å². The molecule has 2 aliphatic rings. The molecule has 10 atom stereocenters. The number of hydrogen-bond donors (Lipinski definition) is 7. The number of unbranched alkanes of at least 4 members (excludes halogenated alkanes) is 6. The van der Waals surface area contributed by atoms with Crippen LogP contribution in [0.5, 0.6) is 0 Å². The van der Waals surface area contributed by atoms with E-state index in [9.17, 15) is 35.7 Å². The molecule has 0 radical (unpaired) electrons. The second-order valence-electron chi connectivity index (χ2n) is 8.50. The minimum atomic E-state index is -1.66. The van der Waals surface area contributed by atoms with Crippen molar-refractivity contribution in [2.75, 3.05) is 13.2 Å². The van der Waals surface area contributed by atoms with Gasteiger partial charge in [-0.15, -0.1) is 0 Å². The fourth-order valence-electron chi connectivity index (χ4n) is 3.95. The summed E-state index contributed by atoms with van der Waals surface area (Å²) in [5, 5.41) is 70.5. The summed E-state index contributed by atoms with van der Waals surface area (Å²) in [6, 6.07) is 0. The summed E-state index contributed by atoms with van der Waals surface area (Å²) < 4.78 is 16.7.